The van der Waals surface area contributed by atoms with E-state index in [2.05, 4.69) is 25.1 Å². The number of nitrogens with zero attached hydrogens (tertiary/aromatic N) is 1. The topological polar surface area (TPSA) is 33.0 Å². The van der Waals surface area contributed by atoms with Crippen LogP contribution < -0.4 is 0 Å². The lowest BCUT2D eigenvalue weighted by Crippen LogP contribution is -2.21. The van der Waals surface area contributed by atoms with Crippen LogP contribution in [0.1, 0.15) is 114 Å². The third kappa shape index (κ3) is 7.45. The summed E-state index contributed by atoms with van der Waals surface area (Å²) < 4.78 is 6.24. The number of benzene rings is 1. The smallest absolute Gasteiger partial charge is 0.0991 e. The van der Waals surface area contributed by atoms with Gasteiger partial charge in [0.05, 0.1) is 17.7 Å². The molecule has 0 N–H and O–H groups in total. The van der Waals surface area contributed by atoms with Gasteiger partial charge < -0.3 is 4.74 Å². The zero-order valence-corrected chi connectivity index (χ0v) is 18.6. The van der Waals surface area contributed by atoms with E-state index in [1.165, 1.54) is 95.5 Å². The molecule has 2 aliphatic carbocycles. The summed E-state index contributed by atoms with van der Waals surface area (Å²) in [4.78, 5) is 0. The Morgan fingerprint density at radius 3 is 2.03 bits per heavy atom. The zero-order valence-electron chi connectivity index (χ0n) is 18.6. The van der Waals surface area contributed by atoms with Crippen molar-refractivity contribution in [3.05, 3.63) is 35.4 Å². The summed E-state index contributed by atoms with van der Waals surface area (Å²) in [6.45, 7) is 3.27. The van der Waals surface area contributed by atoms with Crippen LogP contribution in [0.4, 0.5) is 0 Å². The van der Waals surface area contributed by atoms with Gasteiger partial charge in [-0.3, -0.25) is 0 Å². The summed E-state index contributed by atoms with van der Waals surface area (Å²) in [6, 6.07) is 10.4. The van der Waals surface area contributed by atoms with Crippen molar-refractivity contribution in [2.24, 2.45) is 11.8 Å². The van der Waals surface area contributed by atoms with Crippen molar-refractivity contribution < 1.29 is 4.74 Å². The van der Waals surface area contributed by atoms with Crippen LogP contribution in [0.2, 0.25) is 0 Å². The van der Waals surface area contributed by atoms with Gasteiger partial charge in [0.1, 0.15) is 0 Å². The lowest BCUT2D eigenvalue weighted by Gasteiger charge is -2.30. The average molecular weight is 396 g/mol. The molecule has 0 aromatic heterocycles. The number of unbranched alkanes of at least 4 members (excludes halogenated alkanes) is 2. The molecule has 0 heterocycles. The molecule has 1 aromatic carbocycles. The molecule has 2 saturated carbocycles. The lowest BCUT2D eigenvalue weighted by molar-refractivity contribution is 0.0204. The molecule has 2 fully saturated rings. The number of ether oxygens (including phenoxy) is 1. The van der Waals surface area contributed by atoms with Crippen molar-refractivity contribution in [3.63, 3.8) is 0 Å². The predicted molar refractivity (Wildman–Crippen MR) is 121 cm³/mol. The van der Waals surface area contributed by atoms with E-state index in [1.54, 1.807) is 0 Å². The van der Waals surface area contributed by atoms with E-state index in [1.807, 2.05) is 12.1 Å². The molecular weight excluding hydrogens is 354 g/mol. The van der Waals surface area contributed by atoms with E-state index in [4.69, 9.17) is 10.00 Å². The SMILES string of the molecule is CCCCCC1CCC(CCCOC2CCC(c3ccc(C#N)cc3)CC2)CC1. The van der Waals surface area contributed by atoms with Crippen LogP contribution in [0, 0.1) is 23.2 Å². The number of rotatable bonds is 10. The second kappa shape index (κ2) is 12.4. The molecule has 0 bridgehead atoms. The summed E-state index contributed by atoms with van der Waals surface area (Å²) in [5, 5.41) is 8.94. The highest BCUT2D eigenvalue weighted by molar-refractivity contribution is 5.33. The van der Waals surface area contributed by atoms with Crippen LogP contribution in [0.25, 0.3) is 0 Å². The Balaban J connectivity index is 1.24. The van der Waals surface area contributed by atoms with Crippen molar-refractivity contribution in [1.82, 2.24) is 0 Å². The summed E-state index contributed by atoms with van der Waals surface area (Å²) in [6.07, 6.45) is 19.5. The highest BCUT2D eigenvalue weighted by Gasteiger charge is 2.23. The van der Waals surface area contributed by atoms with Crippen LogP contribution in [-0.2, 0) is 4.74 Å². The van der Waals surface area contributed by atoms with Gasteiger partial charge in [-0.2, -0.15) is 5.26 Å². The quantitative estimate of drug-likeness (QED) is 0.379. The molecule has 0 unspecified atom stereocenters. The second-order valence-electron chi connectivity index (χ2n) is 9.60. The number of hydrogen-bond acceptors (Lipinski definition) is 2. The van der Waals surface area contributed by atoms with E-state index in [9.17, 15) is 0 Å². The largest absolute Gasteiger partial charge is 0.378 e. The van der Waals surface area contributed by atoms with E-state index in [0.29, 0.717) is 12.0 Å². The van der Waals surface area contributed by atoms with Gasteiger partial charge in [0.2, 0.25) is 0 Å². The minimum absolute atomic E-state index is 0.471. The van der Waals surface area contributed by atoms with Gasteiger partial charge in [-0.15, -0.1) is 0 Å². The molecule has 3 rings (SSSR count). The molecule has 0 radical (unpaired) electrons. The summed E-state index contributed by atoms with van der Waals surface area (Å²) in [5.41, 5.74) is 2.16. The van der Waals surface area contributed by atoms with Crippen molar-refractivity contribution in [3.8, 4) is 6.07 Å². The highest BCUT2D eigenvalue weighted by atomic mass is 16.5. The lowest BCUT2D eigenvalue weighted by atomic mass is 9.78. The number of nitriles is 1. The van der Waals surface area contributed by atoms with Gasteiger partial charge in [0.15, 0.2) is 0 Å². The first-order valence-electron chi connectivity index (χ1n) is 12.4. The Morgan fingerprint density at radius 1 is 0.828 bits per heavy atom. The van der Waals surface area contributed by atoms with Crippen molar-refractivity contribution in [1.29, 1.82) is 5.26 Å². The normalized spacial score (nSPS) is 27.4. The van der Waals surface area contributed by atoms with Gasteiger partial charge in [-0.05, 0) is 74.0 Å². The van der Waals surface area contributed by atoms with Crippen LogP contribution in [-0.4, -0.2) is 12.7 Å². The van der Waals surface area contributed by atoms with Crippen molar-refractivity contribution >= 4 is 0 Å². The third-order valence-corrected chi connectivity index (χ3v) is 7.48. The molecule has 2 heteroatoms. The Bertz CT molecular complexity index is 600. The Morgan fingerprint density at radius 2 is 1.45 bits per heavy atom. The van der Waals surface area contributed by atoms with Gasteiger partial charge in [0, 0.05) is 6.61 Å². The first-order valence-corrected chi connectivity index (χ1v) is 12.4. The monoisotopic (exact) mass is 395 g/mol. The second-order valence-corrected chi connectivity index (χ2v) is 9.60. The summed E-state index contributed by atoms with van der Waals surface area (Å²) in [7, 11) is 0. The zero-order chi connectivity index (χ0) is 20.3. The average Bonchev–Trinajstić information content (AvgIpc) is 2.78. The molecule has 0 spiro atoms. The molecule has 1 aromatic rings. The van der Waals surface area contributed by atoms with Crippen LogP contribution >= 0.6 is 0 Å². The molecule has 0 saturated heterocycles. The Hall–Kier alpha value is -1.33. The van der Waals surface area contributed by atoms with E-state index >= 15 is 0 Å². The first-order chi connectivity index (χ1) is 14.3. The maximum atomic E-state index is 8.94. The fourth-order valence-corrected chi connectivity index (χ4v) is 5.51. The standard InChI is InChI=1S/C27H41NO/c1-2-3-4-6-22-8-10-23(11-9-22)7-5-20-29-27-18-16-26(17-19-27)25-14-12-24(21-28)13-15-25/h12-15,22-23,26-27H,2-11,16-20H2,1H3. The summed E-state index contributed by atoms with van der Waals surface area (Å²) in [5.74, 6) is 2.64. The predicted octanol–water partition coefficient (Wildman–Crippen LogP) is 7.77. The fourth-order valence-electron chi connectivity index (χ4n) is 5.51. The van der Waals surface area contributed by atoms with Crippen molar-refractivity contribution in [2.75, 3.05) is 6.61 Å². The first kappa shape index (κ1) is 22.4. The molecule has 0 amide bonds. The highest BCUT2D eigenvalue weighted by Crippen LogP contribution is 2.36. The molecule has 29 heavy (non-hydrogen) atoms. The maximum absolute atomic E-state index is 8.94. The minimum atomic E-state index is 0.471. The maximum Gasteiger partial charge on any atom is 0.0991 e. The number of hydrogen-bond donors (Lipinski definition) is 0. The van der Waals surface area contributed by atoms with Gasteiger partial charge in [-0.1, -0.05) is 70.4 Å². The molecule has 0 atom stereocenters. The molecular formula is C27H41NO. The fraction of sp³-hybridized carbons (Fsp3) is 0.741. The van der Waals surface area contributed by atoms with E-state index in [0.717, 1.165) is 24.0 Å². The third-order valence-electron chi connectivity index (χ3n) is 7.48. The summed E-state index contributed by atoms with van der Waals surface area (Å²) >= 11 is 0. The Labute approximate surface area is 179 Å². The van der Waals surface area contributed by atoms with Gasteiger partial charge >= 0.3 is 0 Å². The van der Waals surface area contributed by atoms with Crippen LogP contribution in [0.15, 0.2) is 24.3 Å². The van der Waals surface area contributed by atoms with Crippen molar-refractivity contribution in [2.45, 2.75) is 109 Å². The molecule has 2 aliphatic rings. The Kier molecular flexibility index (Phi) is 9.55. The minimum Gasteiger partial charge on any atom is -0.378 e. The van der Waals surface area contributed by atoms with Crippen LogP contribution in [0.5, 0.6) is 0 Å². The van der Waals surface area contributed by atoms with E-state index in [-0.39, 0.29) is 0 Å². The van der Waals surface area contributed by atoms with Crippen LogP contribution in [0.3, 0.4) is 0 Å². The molecule has 0 aliphatic heterocycles. The van der Waals surface area contributed by atoms with Gasteiger partial charge in [0.25, 0.3) is 0 Å². The van der Waals surface area contributed by atoms with E-state index < -0.39 is 0 Å². The molecule has 2 nitrogen and oxygen atoms in total. The molecule has 160 valence electrons. The van der Waals surface area contributed by atoms with Gasteiger partial charge in [-0.25, -0.2) is 0 Å².